The molecule has 1 aromatic carbocycles. The maximum atomic E-state index is 13.4. The van der Waals surface area contributed by atoms with Gasteiger partial charge in [0.25, 0.3) is 0 Å². The van der Waals surface area contributed by atoms with E-state index in [4.69, 9.17) is 9.47 Å². The van der Waals surface area contributed by atoms with E-state index in [1.807, 2.05) is 0 Å². The van der Waals surface area contributed by atoms with E-state index >= 15 is 0 Å². The molecule has 3 aromatic heterocycles. The van der Waals surface area contributed by atoms with E-state index in [1.165, 1.54) is 40.0 Å². The number of alkyl halides is 2. The number of ether oxygens (including phenoxy) is 2. The van der Waals surface area contributed by atoms with Crippen molar-refractivity contribution in [3.63, 3.8) is 0 Å². The quantitative estimate of drug-likeness (QED) is 0.335. The van der Waals surface area contributed by atoms with Gasteiger partial charge >= 0.3 is 12.6 Å². The SMILES string of the molecule is CCOC(=O)c1c(C)nn(-c2cc(Cc3nn(C)c(-c4ccc(F)cc4)c3OC(F)F)ncn2)c1C. The first-order valence-corrected chi connectivity index (χ1v) is 11.0. The standard InChI is InChI=1S/C24H23F3N6O3/c1-5-35-23(34)20-13(2)30-33(14(20)3)19-11-17(28-12-29-19)10-18-22(36-24(26)27)21(32(4)31-18)15-6-8-16(25)9-7-15/h6-9,11-12,24H,5,10H2,1-4H3. The van der Waals surface area contributed by atoms with Gasteiger partial charge < -0.3 is 9.47 Å². The van der Waals surface area contributed by atoms with Gasteiger partial charge in [0.1, 0.15) is 29.1 Å². The highest BCUT2D eigenvalue weighted by Crippen LogP contribution is 2.35. The molecule has 12 heteroatoms. The number of hydrogen-bond acceptors (Lipinski definition) is 7. The number of carbonyl (C=O) groups is 1. The van der Waals surface area contributed by atoms with Crippen molar-refractivity contribution in [2.75, 3.05) is 6.61 Å². The van der Waals surface area contributed by atoms with Crippen LogP contribution in [0.4, 0.5) is 13.2 Å². The second-order valence-electron chi connectivity index (χ2n) is 7.86. The highest BCUT2D eigenvalue weighted by molar-refractivity contribution is 5.92. The largest absolute Gasteiger partial charge is 0.462 e. The van der Waals surface area contributed by atoms with Crippen molar-refractivity contribution >= 4 is 5.97 Å². The molecule has 0 unspecified atom stereocenters. The monoisotopic (exact) mass is 500 g/mol. The van der Waals surface area contributed by atoms with Crippen LogP contribution < -0.4 is 4.74 Å². The Kier molecular flexibility index (Phi) is 7.04. The summed E-state index contributed by atoms with van der Waals surface area (Å²) < 4.78 is 52.8. The van der Waals surface area contributed by atoms with E-state index in [2.05, 4.69) is 20.2 Å². The van der Waals surface area contributed by atoms with Crippen LogP contribution in [-0.4, -0.2) is 48.7 Å². The van der Waals surface area contributed by atoms with Gasteiger partial charge in [0.2, 0.25) is 0 Å². The maximum absolute atomic E-state index is 13.4. The Morgan fingerprint density at radius 1 is 1.11 bits per heavy atom. The van der Waals surface area contributed by atoms with E-state index in [0.29, 0.717) is 34.0 Å². The van der Waals surface area contributed by atoms with Crippen molar-refractivity contribution < 1.29 is 27.4 Å². The molecule has 0 aliphatic rings. The summed E-state index contributed by atoms with van der Waals surface area (Å²) in [5.41, 5.74) is 2.76. The van der Waals surface area contributed by atoms with Crippen molar-refractivity contribution in [2.45, 2.75) is 33.8 Å². The fourth-order valence-electron chi connectivity index (χ4n) is 3.95. The summed E-state index contributed by atoms with van der Waals surface area (Å²) in [6.45, 7) is 2.26. The van der Waals surface area contributed by atoms with Crippen molar-refractivity contribution in [3.05, 3.63) is 70.8 Å². The molecule has 0 amide bonds. The molecule has 188 valence electrons. The van der Waals surface area contributed by atoms with Gasteiger partial charge in [-0.05, 0) is 45.0 Å². The van der Waals surface area contributed by atoms with E-state index in [9.17, 15) is 18.0 Å². The molecule has 0 fully saturated rings. The van der Waals surface area contributed by atoms with Gasteiger partial charge in [-0.2, -0.15) is 19.0 Å². The van der Waals surface area contributed by atoms with Crippen molar-refractivity contribution in [3.8, 4) is 22.8 Å². The van der Waals surface area contributed by atoms with Crippen LogP contribution in [-0.2, 0) is 18.2 Å². The molecule has 0 atom stereocenters. The molecular formula is C24H23F3N6O3. The Morgan fingerprint density at radius 2 is 1.83 bits per heavy atom. The Labute approximate surface area is 204 Å². The maximum Gasteiger partial charge on any atom is 0.387 e. The van der Waals surface area contributed by atoms with E-state index in [1.54, 1.807) is 33.9 Å². The average Bonchev–Trinajstić information content (AvgIpc) is 3.29. The number of aromatic nitrogens is 6. The van der Waals surface area contributed by atoms with Gasteiger partial charge in [0.05, 0.1) is 23.7 Å². The van der Waals surface area contributed by atoms with Gasteiger partial charge in [-0.3, -0.25) is 4.68 Å². The summed E-state index contributed by atoms with van der Waals surface area (Å²) in [5, 5.41) is 8.77. The smallest absolute Gasteiger partial charge is 0.387 e. The predicted octanol–water partition coefficient (Wildman–Crippen LogP) is 4.19. The molecule has 0 radical (unpaired) electrons. The van der Waals surface area contributed by atoms with Gasteiger partial charge in [0, 0.05) is 25.1 Å². The van der Waals surface area contributed by atoms with Crippen LogP contribution in [0.25, 0.3) is 17.1 Å². The predicted molar refractivity (Wildman–Crippen MR) is 123 cm³/mol. The van der Waals surface area contributed by atoms with Crippen LogP contribution in [0.15, 0.2) is 36.7 Å². The number of aryl methyl sites for hydroxylation is 2. The highest BCUT2D eigenvalue weighted by Gasteiger charge is 2.24. The van der Waals surface area contributed by atoms with Crippen LogP contribution in [0.5, 0.6) is 5.75 Å². The first kappa shape index (κ1) is 24.9. The lowest BCUT2D eigenvalue weighted by Crippen LogP contribution is -2.09. The fraction of sp³-hybridized carbons (Fsp3) is 0.292. The molecule has 4 rings (SSSR count). The van der Waals surface area contributed by atoms with Gasteiger partial charge in [-0.15, -0.1) is 0 Å². The number of benzene rings is 1. The van der Waals surface area contributed by atoms with Crippen molar-refractivity contribution in [2.24, 2.45) is 7.05 Å². The number of nitrogens with zero attached hydrogens (tertiary/aromatic N) is 6. The number of carbonyl (C=O) groups excluding carboxylic acids is 1. The number of halogens is 3. The van der Waals surface area contributed by atoms with Crippen LogP contribution in [0.3, 0.4) is 0 Å². The summed E-state index contributed by atoms with van der Waals surface area (Å²) in [7, 11) is 1.58. The Balaban J connectivity index is 1.71. The van der Waals surface area contributed by atoms with E-state index in [-0.39, 0.29) is 30.2 Å². The lowest BCUT2D eigenvalue weighted by Gasteiger charge is -2.09. The van der Waals surface area contributed by atoms with E-state index in [0.717, 1.165) is 0 Å². The minimum Gasteiger partial charge on any atom is -0.462 e. The van der Waals surface area contributed by atoms with Crippen molar-refractivity contribution in [1.29, 1.82) is 0 Å². The van der Waals surface area contributed by atoms with Gasteiger partial charge in [0.15, 0.2) is 11.6 Å². The normalized spacial score (nSPS) is 11.2. The first-order valence-electron chi connectivity index (χ1n) is 11.0. The highest BCUT2D eigenvalue weighted by atomic mass is 19.3. The number of esters is 1. The molecule has 9 nitrogen and oxygen atoms in total. The summed E-state index contributed by atoms with van der Waals surface area (Å²) >= 11 is 0. The fourth-order valence-corrected chi connectivity index (χ4v) is 3.95. The lowest BCUT2D eigenvalue weighted by molar-refractivity contribution is -0.0500. The molecule has 0 aliphatic carbocycles. The number of hydrogen-bond donors (Lipinski definition) is 0. The van der Waals surface area contributed by atoms with Crippen LogP contribution in [0, 0.1) is 19.7 Å². The molecule has 0 N–H and O–H groups in total. The topological polar surface area (TPSA) is 97.0 Å². The van der Waals surface area contributed by atoms with Crippen LogP contribution in [0.1, 0.15) is 40.1 Å². The third kappa shape index (κ3) is 4.92. The second-order valence-corrected chi connectivity index (χ2v) is 7.86. The minimum absolute atomic E-state index is 0.0383. The molecular weight excluding hydrogens is 477 g/mol. The summed E-state index contributed by atoms with van der Waals surface area (Å²) in [5.74, 6) is -0.693. The number of rotatable bonds is 8. The molecule has 0 bridgehead atoms. The average molecular weight is 500 g/mol. The van der Waals surface area contributed by atoms with Crippen LogP contribution in [0.2, 0.25) is 0 Å². The second kappa shape index (κ2) is 10.2. The molecule has 0 spiro atoms. The van der Waals surface area contributed by atoms with Crippen LogP contribution >= 0.6 is 0 Å². The Hall–Kier alpha value is -4.22. The Morgan fingerprint density at radius 3 is 2.50 bits per heavy atom. The van der Waals surface area contributed by atoms with Crippen molar-refractivity contribution in [1.82, 2.24) is 29.5 Å². The zero-order chi connectivity index (χ0) is 26.0. The van der Waals surface area contributed by atoms with E-state index < -0.39 is 18.4 Å². The third-order valence-electron chi connectivity index (χ3n) is 5.44. The minimum atomic E-state index is -3.09. The molecule has 4 aromatic rings. The summed E-state index contributed by atoms with van der Waals surface area (Å²) in [6, 6.07) is 6.99. The summed E-state index contributed by atoms with van der Waals surface area (Å²) in [4.78, 5) is 20.8. The molecule has 0 aliphatic heterocycles. The third-order valence-corrected chi connectivity index (χ3v) is 5.44. The molecule has 0 saturated carbocycles. The van der Waals surface area contributed by atoms with Gasteiger partial charge in [-0.25, -0.2) is 23.8 Å². The van der Waals surface area contributed by atoms with Gasteiger partial charge in [-0.1, -0.05) is 0 Å². The molecule has 0 saturated heterocycles. The molecule has 3 heterocycles. The zero-order valence-electron chi connectivity index (χ0n) is 20.0. The first-order chi connectivity index (χ1) is 17.2. The lowest BCUT2D eigenvalue weighted by atomic mass is 10.1. The summed E-state index contributed by atoms with van der Waals surface area (Å²) in [6.07, 6.45) is 1.35. The molecule has 36 heavy (non-hydrogen) atoms. The zero-order valence-corrected chi connectivity index (χ0v) is 20.0. The Bertz CT molecular complexity index is 1400.